The SMILES string of the molecule is C1=CCC2CC[CH-]C2=C1.[Cr]. The van der Waals surface area contributed by atoms with Gasteiger partial charge >= 0.3 is 0 Å². The summed E-state index contributed by atoms with van der Waals surface area (Å²) in [6.07, 6.45) is 13.0. The molecule has 0 N–H and O–H groups in total. The zero-order valence-corrected chi connectivity index (χ0v) is 7.19. The standard InChI is InChI=1S/C9H11.Cr/c1-2-5-9-7-3-6-8(9)4-1;/h1-2,4,6,9H,3,5,7H2;/q-1;. The predicted octanol–water partition coefficient (Wildman–Crippen LogP) is 2.48. The monoisotopic (exact) mass is 171 g/mol. The fraction of sp³-hybridized carbons (Fsp3) is 0.444. The third-order valence-corrected chi connectivity index (χ3v) is 2.21. The van der Waals surface area contributed by atoms with Gasteiger partial charge < -0.3 is 0 Å². The molecule has 0 aromatic heterocycles. The van der Waals surface area contributed by atoms with Crippen molar-refractivity contribution in [2.75, 3.05) is 0 Å². The molecular formula is C9H11Cr-. The zero-order chi connectivity index (χ0) is 6.10. The van der Waals surface area contributed by atoms with E-state index < -0.39 is 0 Å². The Morgan fingerprint density at radius 1 is 1.50 bits per heavy atom. The van der Waals surface area contributed by atoms with E-state index in [1.165, 1.54) is 19.3 Å². The van der Waals surface area contributed by atoms with E-state index in [9.17, 15) is 0 Å². The molecule has 0 aromatic carbocycles. The Kier molecular flexibility index (Phi) is 2.65. The van der Waals surface area contributed by atoms with Crippen molar-refractivity contribution in [3.63, 3.8) is 0 Å². The van der Waals surface area contributed by atoms with Crippen LogP contribution in [0, 0.1) is 12.3 Å². The molecule has 0 radical (unpaired) electrons. The predicted molar refractivity (Wildman–Crippen MR) is 38.9 cm³/mol. The van der Waals surface area contributed by atoms with Gasteiger partial charge in [0.1, 0.15) is 0 Å². The first-order chi connectivity index (χ1) is 4.47. The molecule has 0 spiro atoms. The molecule has 1 unspecified atom stereocenters. The van der Waals surface area contributed by atoms with E-state index in [0.717, 1.165) is 5.92 Å². The Balaban J connectivity index is 0.000000500. The molecule has 0 heterocycles. The van der Waals surface area contributed by atoms with Gasteiger partial charge in [-0.2, -0.15) is 0 Å². The van der Waals surface area contributed by atoms with E-state index in [2.05, 4.69) is 24.6 Å². The Morgan fingerprint density at radius 2 is 2.40 bits per heavy atom. The fourth-order valence-electron chi connectivity index (χ4n) is 1.66. The molecule has 0 aliphatic heterocycles. The van der Waals surface area contributed by atoms with Crippen LogP contribution in [0.15, 0.2) is 23.8 Å². The number of hydrogen-bond acceptors (Lipinski definition) is 0. The third kappa shape index (κ3) is 1.31. The minimum absolute atomic E-state index is 0. The first-order valence-electron chi connectivity index (χ1n) is 3.67. The molecule has 2 aliphatic carbocycles. The van der Waals surface area contributed by atoms with E-state index >= 15 is 0 Å². The summed E-state index contributed by atoms with van der Waals surface area (Å²) < 4.78 is 0. The van der Waals surface area contributed by atoms with Crippen LogP contribution in [0.5, 0.6) is 0 Å². The zero-order valence-electron chi connectivity index (χ0n) is 5.92. The summed E-state index contributed by atoms with van der Waals surface area (Å²) in [4.78, 5) is 0. The maximum absolute atomic E-state index is 2.37. The van der Waals surface area contributed by atoms with Gasteiger partial charge in [0, 0.05) is 17.4 Å². The molecule has 1 atom stereocenters. The first-order valence-corrected chi connectivity index (χ1v) is 3.67. The number of rotatable bonds is 0. The summed E-state index contributed by atoms with van der Waals surface area (Å²) in [5, 5.41) is 0. The second-order valence-corrected chi connectivity index (χ2v) is 2.81. The van der Waals surface area contributed by atoms with Crippen LogP contribution in [-0.4, -0.2) is 0 Å². The molecule has 0 saturated heterocycles. The molecule has 0 nitrogen and oxygen atoms in total. The average molecular weight is 171 g/mol. The largest absolute Gasteiger partial charge is 0.227 e. The molecule has 2 rings (SSSR count). The van der Waals surface area contributed by atoms with Crippen molar-refractivity contribution in [3.8, 4) is 0 Å². The summed E-state index contributed by atoms with van der Waals surface area (Å²) in [6, 6.07) is 0. The summed E-state index contributed by atoms with van der Waals surface area (Å²) in [5.74, 6) is 0.884. The maximum atomic E-state index is 2.37. The van der Waals surface area contributed by atoms with Crippen LogP contribution in [0.3, 0.4) is 0 Å². The van der Waals surface area contributed by atoms with Gasteiger partial charge in [-0.05, 0) is 12.3 Å². The van der Waals surface area contributed by atoms with E-state index in [1.807, 2.05) is 0 Å². The van der Waals surface area contributed by atoms with Gasteiger partial charge in [0.15, 0.2) is 0 Å². The van der Waals surface area contributed by atoms with E-state index in [4.69, 9.17) is 0 Å². The van der Waals surface area contributed by atoms with Crippen molar-refractivity contribution in [2.24, 2.45) is 5.92 Å². The van der Waals surface area contributed by atoms with Crippen molar-refractivity contribution >= 4 is 0 Å². The van der Waals surface area contributed by atoms with E-state index in [1.54, 1.807) is 5.57 Å². The molecule has 10 heavy (non-hydrogen) atoms. The topological polar surface area (TPSA) is 0 Å². The average Bonchev–Trinajstić information content (AvgIpc) is 2.33. The van der Waals surface area contributed by atoms with Crippen molar-refractivity contribution in [1.29, 1.82) is 0 Å². The Hall–Kier alpha value is -0.118. The minimum Gasteiger partial charge on any atom is -0.227 e. The number of fused-ring (bicyclic) bond motifs is 1. The number of allylic oxidation sites excluding steroid dienone is 4. The van der Waals surface area contributed by atoms with Crippen LogP contribution >= 0.6 is 0 Å². The number of hydrogen-bond donors (Lipinski definition) is 0. The normalized spacial score (nSPS) is 28.0. The van der Waals surface area contributed by atoms with Gasteiger partial charge in [0.25, 0.3) is 0 Å². The van der Waals surface area contributed by atoms with E-state index in [0.29, 0.717) is 0 Å². The first kappa shape index (κ1) is 7.98. The maximum Gasteiger partial charge on any atom is 0 e. The molecule has 1 fully saturated rings. The molecule has 54 valence electrons. The van der Waals surface area contributed by atoms with Crippen molar-refractivity contribution < 1.29 is 17.4 Å². The molecule has 0 bridgehead atoms. The van der Waals surface area contributed by atoms with Gasteiger partial charge in [0.05, 0.1) is 0 Å². The Labute approximate surface area is 73.1 Å². The van der Waals surface area contributed by atoms with Crippen molar-refractivity contribution in [1.82, 2.24) is 0 Å². The summed E-state index contributed by atoms with van der Waals surface area (Å²) >= 11 is 0. The molecule has 1 heteroatoms. The molecule has 0 amide bonds. The molecular weight excluding hydrogens is 160 g/mol. The van der Waals surface area contributed by atoms with Gasteiger partial charge in [-0.3, -0.25) is 0 Å². The quantitative estimate of drug-likeness (QED) is 0.491. The summed E-state index contributed by atoms with van der Waals surface area (Å²) in [7, 11) is 0. The minimum atomic E-state index is 0. The van der Waals surface area contributed by atoms with Gasteiger partial charge in [0.2, 0.25) is 0 Å². The van der Waals surface area contributed by atoms with Crippen molar-refractivity contribution in [3.05, 3.63) is 30.2 Å². The Bertz CT molecular complexity index is 168. The van der Waals surface area contributed by atoms with Crippen LogP contribution < -0.4 is 0 Å². The second kappa shape index (κ2) is 3.33. The van der Waals surface area contributed by atoms with Crippen LogP contribution in [0.1, 0.15) is 19.3 Å². The smallest absolute Gasteiger partial charge is 0 e. The molecule has 2 aliphatic rings. The van der Waals surface area contributed by atoms with Crippen LogP contribution in [-0.2, 0) is 17.4 Å². The van der Waals surface area contributed by atoms with Crippen molar-refractivity contribution in [2.45, 2.75) is 19.3 Å². The fourth-order valence-corrected chi connectivity index (χ4v) is 1.66. The van der Waals surface area contributed by atoms with Crippen LogP contribution in [0.4, 0.5) is 0 Å². The van der Waals surface area contributed by atoms with Crippen LogP contribution in [0.2, 0.25) is 0 Å². The van der Waals surface area contributed by atoms with Gasteiger partial charge in [-0.1, -0.05) is 6.42 Å². The second-order valence-electron chi connectivity index (χ2n) is 2.81. The molecule has 0 aromatic rings. The third-order valence-electron chi connectivity index (χ3n) is 2.21. The van der Waals surface area contributed by atoms with E-state index in [-0.39, 0.29) is 17.4 Å². The van der Waals surface area contributed by atoms with Crippen LogP contribution in [0.25, 0.3) is 0 Å². The van der Waals surface area contributed by atoms with Gasteiger partial charge in [-0.15, -0.1) is 18.6 Å². The summed E-state index contributed by atoms with van der Waals surface area (Å²) in [6.45, 7) is 0. The Morgan fingerprint density at radius 3 is 3.20 bits per heavy atom. The molecule has 1 saturated carbocycles. The van der Waals surface area contributed by atoms with Gasteiger partial charge in [-0.25, -0.2) is 18.1 Å². The summed E-state index contributed by atoms with van der Waals surface area (Å²) in [5.41, 5.74) is 1.58.